The minimum Gasteiger partial charge on any atom is -0.350 e. The van der Waals surface area contributed by atoms with E-state index in [2.05, 4.69) is 10.4 Å². The molecule has 1 aromatic heterocycles. The molecule has 1 N–H and O–H groups in total. The third-order valence-electron chi connectivity index (χ3n) is 2.90. The van der Waals surface area contributed by atoms with E-state index in [-0.39, 0.29) is 6.54 Å². The first kappa shape index (κ1) is 14.2. The highest BCUT2D eigenvalue weighted by Gasteiger charge is 2.16. The van der Waals surface area contributed by atoms with E-state index in [9.17, 15) is 13.6 Å². The number of carbonyl (C=O) groups is 1. The van der Waals surface area contributed by atoms with E-state index in [1.165, 1.54) is 6.07 Å². The van der Waals surface area contributed by atoms with Crippen molar-refractivity contribution in [3.05, 3.63) is 52.9 Å². The minimum atomic E-state index is -0.867. The number of rotatable bonds is 4. The highest BCUT2D eigenvalue weighted by atomic mass is 19.1. The molecule has 1 heterocycles. The summed E-state index contributed by atoms with van der Waals surface area (Å²) in [5.41, 5.74) is 1.30. The second-order valence-corrected chi connectivity index (χ2v) is 4.50. The molecule has 0 saturated carbocycles. The van der Waals surface area contributed by atoms with Crippen LogP contribution in [0.1, 0.15) is 21.7 Å². The van der Waals surface area contributed by atoms with Crippen molar-refractivity contribution < 1.29 is 13.6 Å². The summed E-state index contributed by atoms with van der Waals surface area (Å²) in [6, 6.07) is 5.24. The molecule has 20 heavy (non-hydrogen) atoms. The van der Waals surface area contributed by atoms with Crippen molar-refractivity contribution in [3.8, 4) is 0 Å². The standard InChI is InChI=1S/C14H15F2N3O/c1-9-8-10(2)19(18-9)7-6-17-14(20)13-11(15)4-3-5-12(13)16/h3-5,8H,6-7H2,1-2H3,(H,17,20). The molecule has 106 valence electrons. The molecule has 0 spiro atoms. The third-order valence-corrected chi connectivity index (χ3v) is 2.90. The minimum absolute atomic E-state index is 0.245. The monoisotopic (exact) mass is 279 g/mol. The van der Waals surface area contributed by atoms with Gasteiger partial charge in [0, 0.05) is 12.2 Å². The lowest BCUT2D eigenvalue weighted by Gasteiger charge is -2.08. The maximum absolute atomic E-state index is 13.4. The summed E-state index contributed by atoms with van der Waals surface area (Å²) in [6.07, 6.45) is 0. The first-order chi connectivity index (χ1) is 9.49. The van der Waals surface area contributed by atoms with Crippen LogP contribution in [0.15, 0.2) is 24.3 Å². The molecule has 1 aromatic carbocycles. The fourth-order valence-electron chi connectivity index (χ4n) is 1.98. The van der Waals surface area contributed by atoms with Crippen molar-refractivity contribution in [2.24, 2.45) is 0 Å². The lowest BCUT2D eigenvalue weighted by molar-refractivity contribution is 0.0943. The first-order valence-electron chi connectivity index (χ1n) is 6.22. The van der Waals surface area contributed by atoms with Gasteiger partial charge in [0.15, 0.2) is 0 Å². The average Bonchev–Trinajstić information content (AvgIpc) is 2.68. The molecule has 0 aliphatic carbocycles. The number of carbonyl (C=O) groups excluding carboxylic acids is 1. The molecular weight excluding hydrogens is 264 g/mol. The van der Waals surface area contributed by atoms with E-state index in [4.69, 9.17) is 0 Å². The zero-order valence-corrected chi connectivity index (χ0v) is 11.3. The largest absolute Gasteiger partial charge is 0.350 e. The molecule has 2 aromatic rings. The highest BCUT2D eigenvalue weighted by Crippen LogP contribution is 2.11. The maximum atomic E-state index is 13.4. The zero-order valence-electron chi connectivity index (χ0n) is 11.3. The lowest BCUT2D eigenvalue weighted by atomic mass is 10.2. The Hall–Kier alpha value is -2.24. The number of halogens is 2. The molecule has 0 aliphatic rings. The molecule has 0 fully saturated rings. The van der Waals surface area contributed by atoms with Crippen LogP contribution in [0.25, 0.3) is 0 Å². The van der Waals surface area contributed by atoms with Gasteiger partial charge in [0.05, 0.1) is 12.2 Å². The Morgan fingerprint density at radius 2 is 1.95 bits per heavy atom. The predicted octanol–water partition coefficient (Wildman–Crippen LogP) is 2.21. The molecule has 0 atom stereocenters. The summed E-state index contributed by atoms with van der Waals surface area (Å²) in [5, 5.41) is 6.72. The normalized spacial score (nSPS) is 10.6. The molecule has 1 amide bonds. The summed E-state index contributed by atoms with van der Waals surface area (Å²) >= 11 is 0. The van der Waals surface area contributed by atoms with Crippen LogP contribution in [-0.4, -0.2) is 22.2 Å². The Morgan fingerprint density at radius 3 is 2.50 bits per heavy atom. The predicted molar refractivity (Wildman–Crippen MR) is 70.4 cm³/mol. The Morgan fingerprint density at radius 1 is 1.30 bits per heavy atom. The number of nitrogens with zero attached hydrogens (tertiary/aromatic N) is 2. The summed E-state index contributed by atoms with van der Waals surface area (Å²) in [4.78, 5) is 11.7. The number of amides is 1. The molecule has 6 heteroatoms. The fourth-order valence-corrected chi connectivity index (χ4v) is 1.98. The molecule has 0 aliphatic heterocycles. The van der Waals surface area contributed by atoms with Gasteiger partial charge in [-0.2, -0.15) is 5.10 Å². The molecule has 0 radical (unpaired) electrons. The van der Waals surface area contributed by atoms with Gasteiger partial charge in [-0.3, -0.25) is 9.48 Å². The van der Waals surface area contributed by atoms with Gasteiger partial charge >= 0.3 is 0 Å². The quantitative estimate of drug-likeness (QED) is 0.932. The van der Waals surface area contributed by atoms with Crippen LogP contribution in [0.4, 0.5) is 8.78 Å². The zero-order chi connectivity index (χ0) is 14.7. The molecule has 4 nitrogen and oxygen atoms in total. The SMILES string of the molecule is Cc1cc(C)n(CCNC(=O)c2c(F)cccc2F)n1. The second-order valence-electron chi connectivity index (χ2n) is 4.50. The van der Waals surface area contributed by atoms with E-state index in [0.29, 0.717) is 6.54 Å². The van der Waals surface area contributed by atoms with Gasteiger partial charge in [-0.15, -0.1) is 0 Å². The first-order valence-corrected chi connectivity index (χ1v) is 6.22. The van der Waals surface area contributed by atoms with Gasteiger partial charge in [-0.05, 0) is 32.0 Å². The molecular formula is C14H15F2N3O. The number of aromatic nitrogens is 2. The Bertz CT molecular complexity index is 617. The summed E-state index contributed by atoms with van der Waals surface area (Å²) in [6.45, 7) is 4.46. The van der Waals surface area contributed by atoms with Crippen LogP contribution in [0.3, 0.4) is 0 Å². The molecule has 2 rings (SSSR count). The number of hydrogen-bond acceptors (Lipinski definition) is 2. The van der Waals surface area contributed by atoms with Crippen molar-refractivity contribution in [1.29, 1.82) is 0 Å². The van der Waals surface area contributed by atoms with Crippen LogP contribution >= 0.6 is 0 Å². The van der Waals surface area contributed by atoms with Crippen LogP contribution < -0.4 is 5.32 Å². The van der Waals surface area contributed by atoms with E-state index in [1.807, 2.05) is 19.9 Å². The number of nitrogens with one attached hydrogen (secondary N) is 1. The van der Waals surface area contributed by atoms with E-state index >= 15 is 0 Å². The van der Waals surface area contributed by atoms with E-state index < -0.39 is 23.1 Å². The van der Waals surface area contributed by atoms with Crippen LogP contribution in [0.5, 0.6) is 0 Å². The van der Waals surface area contributed by atoms with Crippen LogP contribution in [-0.2, 0) is 6.54 Å². The Balaban J connectivity index is 1.98. The van der Waals surface area contributed by atoms with Gasteiger partial charge in [0.2, 0.25) is 0 Å². The average molecular weight is 279 g/mol. The van der Waals surface area contributed by atoms with Crippen molar-refractivity contribution in [3.63, 3.8) is 0 Å². The molecule has 0 saturated heterocycles. The van der Waals surface area contributed by atoms with Gasteiger partial charge in [0.25, 0.3) is 5.91 Å². The molecule has 0 unspecified atom stereocenters. The van der Waals surface area contributed by atoms with Gasteiger partial charge in [0.1, 0.15) is 17.2 Å². The summed E-state index contributed by atoms with van der Waals surface area (Å²) < 4.78 is 28.5. The highest BCUT2D eigenvalue weighted by molar-refractivity contribution is 5.94. The topological polar surface area (TPSA) is 46.9 Å². The van der Waals surface area contributed by atoms with Crippen molar-refractivity contribution in [2.75, 3.05) is 6.54 Å². The Kier molecular flexibility index (Phi) is 4.12. The van der Waals surface area contributed by atoms with Gasteiger partial charge in [-0.1, -0.05) is 6.07 Å². The number of hydrogen-bond donors (Lipinski definition) is 1. The van der Waals surface area contributed by atoms with Gasteiger partial charge in [-0.25, -0.2) is 8.78 Å². The summed E-state index contributed by atoms with van der Waals surface area (Å²) in [5.74, 6) is -2.50. The molecule has 0 bridgehead atoms. The van der Waals surface area contributed by atoms with Crippen molar-refractivity contribution in [2.45, 2.75) is 20.4 Å². The van der Waals surface area contributed by atoms with Crippen LogP contribution in [0, 0.1) is 25.5 Å². The number of benzene rings is 1. The lowest BCUT2D eigenvalue weighted by Crippen LogP contribution is -2.29. The smallest absolute Gasteiger partial charge is 0.257 e. The van der Waals surface area contributed by atoms with Gasteiger partial charge < -0.3 is 5.32 Å². The van der Waals surface area contributed by atoms with E-state index in [0.717, 1.165) is 23.5 Å². The third kappa shape index (κ3) is 3.01. The van der Waals surface area contributed by atoms with Crippen molar-refractivity contribution in [1.82, 2.24) is 15.1 Å². The number of aryl methyl sites for hydroxylation is 2. The van der Waals surface area contributed by atoms with Crippen LogP contribution in [0.2, 0.25) is 0 Å². The fraction of sp³-hybridized carbons (Fsp3) is 0.286. The maximum Gasteiger partial charge on any atom is 0.257 e. The second kappa shape index (κ2) is 5.81. The summed E-state index contributed by atoms with van der Waals surface area (Å²) in [7, 11) is 0. The van der Waals surface area contributed by atoms with Crippen molar-refractivity contribution >= 4 is 5.91 Å². The Labute approximate surface area is 115 Å². The van der Waals surface area contributed by atoms with E-state index in [1.54, 1.807) is 4.68 Å².